The van der Waals surface area contributed by atoms with E-state index in [1.807, 2.05) is 13.0 Å². The first-order chi connectivity index (χ1) is 17.8. The molecule has 2 amide bonds. The number of fused-ring (bicyclic) bond motifs is 1. The SMILES string of the molecule is CCn1c(=O)c(-c2cc(N(I)C(=O)Nc3ccccc3)c(F)cc2Cl)cc2cnc(NCCOC)cc21. The quantitative estimate of drug-likeness (QED) is 0.134. The lowest BCUT2D eigenvalue weighted by Crippen LogP contribution is -2.27. The van der Waals surface area contributed by atoms with E-state index in [1.165, 1.54) is 6.07 Å². The Labute approximate surface area is 231 Å². The third kappa shape index (κ3) is 5.86. The Hall–Kier alpha value is -3.22. The Morgan fingerprint density at radius 1 is 1.19 bits per heavy atom. The summed E-state index contributed by atoms with van der Waals surface area (Å²) in [5, 5.41) is 6.64. The molecule has 0 radical (unpaired) electrons. The van der Waals surface area contributed by atoms with Crippen molar-refractivity contribution >= 4 is 68.6 Å². The number of nitrogens with zero attached hydrogens (tertiary/aromatic N) is 3. The van der Waals surface area contributed by atoms with Gasteiger partial charge in [0.2, 0.25) is 0 Å². The van der Waals surface area contributed by atoms with Gasteiger partial charge in [-0.05, 0) is 37.3 Å². The molecule has 0 unspecified atom stereocenters. The number of rotatable bonds is 8. The molecule has 192 valence electrons. The van der Waals surface area contributed by atoms with Gasteiger partial charge < -0.3 is 19.9 Å². The topological polar surface area (TPSA) is 88.5 Å². The van der Waals surface area contributed by atoms with E-state index in [4.69, 9.17) is 16.3 Å². The number of carbonyl (C=O) groups excluding carboxylic acids is 1. The average Bonchev–Trinajstić information content (AvgIpc) is 2.89. The Balaban J connectivity index is 1.75. The van der Waals surface area contributed by atoms with Crippen LogP contribution in [0, 0.1) is 5.82 Å². The van der Waals surface area contributed by atoms with Gasteiger partial charge in [0.1, 0.15) is 11.6 Å². The Morgan fingerprint density at radius 2 is 1.95 bits per heavy atom. The number of ether oxygens (including phenoxy) is 1. The number of aromatic nitrogens is 2. The van der Waals surface area contributed by atoms with Crippen molar-refractivity contribution in [2.75, 3.05) is 34.0 Å². The van der Waals surface area contributed by atoms with Crippen LogP contribution in [0.25, 0.3) is 22.0 Å². The van der Waals surface area contributed by atoms with Crippen LogP contribution < -0.4 is 19.3 Å². The molecule has 4 rings (SSSR count). The van der Waals surface area contributed by atoms with Gasteiger partial charge >= 0.3 is 6.03 Å². The van der Waals surface area contributed by atoms with E-state index in [0.717, 1.165) is 9.18 Å². The third-order valence-electron chi connectivity index (χ3n) is 5.65. The van der Waals surface area contributed by atoms with Crippen LogP contribution in [-0.2, 0) is 11.3 Å². The summed E-state index contributed by atoms with van der Waals surface area (Å²) >= 11 is 8.13. The number of pyridine rings is 2. The van der Waals surface area contributed by atoms with E-state index in [2.05, 4.69) is 15.6 Å². The second kappa shape index (κ2) is 11.9. The van der Waals surface area contributed by atoms with E-state index in [-0.39, 0.29) is 21.8 Å². The summed E-state index contributed by atoms with van der Waals surface area (Å²) in [6.07, 6.45) is 1.66. The van der Waals surface area contributed by atoms with Gasteiger partial charge in [0.05, 0.1) is 45.7 Å². The number of anilines is 3. The van der Waals surface area contributed by atoms with Crippen molar-refractivity contribution in [3.8, 4) is 11.1 Å². The van der Waals surface area contributed by atoms with E-state index in [0.29, 0.717) is 47.7 Å². The number of urea groups is 1. The maximum atomic E-state index is 14.9. The number of halogens is 3. The van der Waals surface area contributed by atoms with Crippen LogP contribution in [0.1, 0.15) is 6.92 Å². The van der Waals surface area contributed by atoms with Crippen molar-refractivity contribution in [1.82, 2.24) is 9.55 Å². The molecular weight excluding hydrogens is 612 g/mol. The molecule has 0 aliphatic rings. The molecule has 0 spiro atoms. The number of aryl methyl sites for hydroxylation is 1. The van der Waals surface area contributed by atoms with Gasteiger partial charge in [0.15, 0.2) is 0 Å². The zero-order valence-corrected chi connectivity index (χ0v) is 23.0. The molecule has 0 aliphatic carbocycles. The lowest BCUT2D eigenvalue weighted by molar-refractivity contribution is 0.210. The molecule has 2 aromatic carbocycles. The predicted molar refractivity (Wildman–Crippen MR) is 154 cm³/mol. The highest BCUT2D eigenvalue weighted by molar-refractivity contribution is 14.1. The number of amides is 2. The van der Waals surface area contributed by atoms with Gasteiger partial charge in [-0.2, -0.15) is 0 Å². The monoisotopic (exact) mass is 635 g/mol. The molecule has 2 heterocycles. The smallest absolute Gasteiger partial charge is 0.335 e. The maximum Gasteiger partial charge on any atom is 0.335 e. The van der Waals surface area contributed by atoms with E-state index in [1.54, 1.807) is 77.1 Å². The second-order valence-corrected chi connectivity index (χ2v) is 9.39. The number of benzene rings is 2. The summed E-state index contributed by atoms with van der Waals surface area (Å²) < 4.78 is 22.7. The Bertz CT molecular complexity index is 1500. The largest absolute Gasteiger partial charge is 0.383 e. The molecule has 2 aromatic heterocycles. The van der Waals surface area contributed by atoms with Gasteiger partial charge in [-0.15, -0.1) is 0 Å². The summed E-state index contributed by atoms with van der Waals surface area (Å²) in [4.78, 5) is 30.7. The van der Waals surface area contributed by atoms with Gasteiger partial charge in [0, 0.05) is 54.7 Å². The molecule has 11 heteroatoms. The number of hydrogen-bond donors (Lipinski definition) is 2. The molecule has 0 bridgehead atoms. The lowest BCUT2D eigenvalue weighted by Gasteiger charge is -2.19. The zero-order chi connectivity index (χ0) is 26.5. The van der Waals surface area contributed by atoms with Crippen LogP contribution >= 0.6 is 34.5 Å². The van der Waals surface area contributed by atoms with Crippen LogP contribution in [0.5, 0.6) is 0 Å². The number of para-hydroxylation sites is 1. The fraction of sp³-hybridized carbons (Fsp3) is 0.192. The number of methoxy groups -OCH3 is 1. The molecule has 0 aliphatic heterocycles. The summed E-state index contributed by atoms with van der Waals surface area (Å²) in [7, 11) is 1.62. The highest BCUT2D eigenvalue weighted by Gasteiger charge is 2.22. The highest BCUT2D eigenvalue weighted by Crippen LogP contribution is 2.35. The lowest BCUT2D eigenvalue weighted by atomic mass is 10.0. The summed E-state index contributed by atoms with van der Waals surface area (Å²) in [5.41, 5.74) is 1.51. The van der Waals surface area contributed by atoms with Gasteiger partial charge in [-0.1, -0.05) is 29.8 Å². The number of hydrogen-bond acceptors (Lipinski definition) is 5. The summed E-state index contributed by atoms with van der Waals surface area (Å²) in [6.45, 7) is 3.35. The maximum absolute atomic E-state index is 14.9. The van der Waals surface area contributed by atoms with Crippen LogP contribution in [0.3, 0.4) is 0 Å². The van der Waals surface area contributed by atoms with Crippen molar-refractivity contribution in [2.24, 2.45) is 0 Å². The van der Waals surface area contributed by atoms with E-state index >= 15 is 0 Å². The van der Waals surface area contributed by atoms with Crippen LogP contribution in [-0.4, -0.2) is 35.8 Å². The molecular formula is C26H24ClFIN5O3. The van der Waals surface area contributed by atoms with Crippen LogP contribution in [0.2, 0.25) is 5.02 Å². The summed E-state index contributed by atoms with van der Waals surface area (Å²) in [6, 6.07) is 14.3. The van der Waals surface area contributed by atoms with Gasteiger partial charge in [-0.3, -0.25) is 4.79 Å². The fourth-order valence-electron chi connectivity index (χ4n) is 3.85. The minimum atomic E-state index is -0.698. The third-order valence-corrected chi connectivity index (χ3v) is 6.92. The highest BCUT2D eigenvalue weighted by atomic mass is 127. The van der Waals surface area contributed by atoms with E-state index < -0.39 is 11.8 Å². The number of nitrogens with one attached hydrogen (secondary N) is 2. The molecule has 37 heavy (non-hydrogen) atoms. The molecule has 0 atom stereocenters. The summed E-state index contributed by atoms with van der Waals surface area (Å²) in [5.74, 6) is -0.0811. The average molecular weight is 636 g/mol. The Kier molecular flexibility index (Phi) is 8.62. The van der Waals surface area contributed by atoms with Crippen LogP contribution in [0.4, 0.5) is 26.4 Å². The van der Waals surface area contributed by atoms with Crippen LogP contribution in [0.15, 0.2) is 65.6 Å². The fourth-order valence-corrected chi connectivity index (χ4v) is 4.60. The second-order valence-electron chi connectivity index (χ2n) is 8.02. The normalized spacial score (nSPS) is 10.9. The first kappa shape index (κ1) is 26.8. The minimum Gasteiger partial charge on any atom is -0.383 e. The Morgan fingerprint density at radius 3 is 2.65 bits per heavy atom. The van der Waals surface area contributed by atoms with Crippen molar-refractivity contribution in [3.63, 3.8) is 0 Å². The minimum absolute atomic E-state index is 0.0354. The molecule has 0 fully saturated rings. The molecule has 2 N–H and O–H groups in total. The first-order valence-electron chi connectivity index (χ1n) is 11.4. The molecule has 4 aromatic rings. The zero-order valence-electron chi connectivity index (χ0n) is 20.1. The predicted octanol–water partition coefficient (Wildman–Crippen LogP) is 6.32. The first-order valence-corrected chi connectivity index (χ1v) is 12.8. The van der Waals surface area contributed by atoms with E-state index in [9.17, 15) is 14.0 Å². The van der Waals surface area contributed by atoms with Crippen molar-refractivity contribution in [2.45, 2.75) is 13.5 Å². The molecule has 0 saturated carbocycles. The molecule has 8 nitrogen and oxygen atoms in total. The van der Waals surface area contributed by atoms with Gasteiger partial charge in [0.25, 0.3) is 5.56 Å². The number of carbonyl (C=O) groups is 1. The van der Waals surface area contributed by atoms with Crippen molar-refractivity contribution in [1.29, 1.82) is 0 Å². The standard InChI is InChI=1S/C26H24ClFIN5O3/c1-3-33-22-14-24(30-9-10-37-2)31-15-16(22)11-19(25(33)35)18-12-23(21(28)13-20(18)27)34(29)26(36)32-17-7-5-4-6-8-17/h4-8,11-15H,3,9-10H2,1-2H3,(H,30,31)(H,32,36). The van der Waals surface area contributed by atoms with Crippen molar-refractivity contribution < 1.29 is 13.9 Å². The van der Waals surface area contributed by atoms with Gasteiger partial charge in [-0.25, -0.2) is 17.3 Å². The van der Waals surface area contributed by atoms with Crippen molar-refractivity contribution in [3.05, 3.63) is 82.0 Å². The molecule has 0 saturated heterocycles.